The minimum absolute atomic E-state index is 0.0173. The van der Waals surface area contributed by atoms with Gasteiger partial charge in [0.2, 0.25) is 0 Å². The number of carbonyl (C=O) groups is 2. The predicted molar refractivity (Wildman–Crippen MR) is 50.4 cm³/mol. The minimum atomic E-state index is -0.294. The molecule has 1 heterocycles. The Morgan fingerprint density at radius 1 is 1.36 bits per heavy atom. The molecule has 1 aliphatic heterocycles. The zero-order chi connectivity index (χ0) is 10.7. The third kappa shape index (κ3) is 2.52. The van der Waals surface area contributed by atoms with E-state index in [1.807, 2.05) is 13.8 Å². The molecule has 2 N–H and O–H groups in total. The van der Waals surface area contributed by atoms with Gasteiger partial charge in [-0.1, -0.05) is 13.8 Å². The molecule has 0 bridgehead atoms. The molecule has 1 fully saturated rings. The van der Waals surface area contributed by atoms with Crippen molar-refractivity contribution < 1.29 is 14.3 Å². The Kier molecular flexibility index (Phi) is 3.60. The maximum atomic E-state index is 11.3. The minimum Gasteiger partial charge on any atom is -0.362 e. The van der Waals surface area contributed by atoms with Crippen molar-refractivity contribution in [2.24, 2.45) is 11.7 Å². The van der Waals surface area contributed by atoms with Crippen LogP contribution in [0.1, 0.15) is 13.8 Å². The Labute approximate surface area is 83.2 Å². The van der Waals surface area contributed by atoms with E-state index in [0.29, 0.717) is 6.54 Å². The lowest BCUT2D eigenvalue weighted by atomic mass is 10.0. The summed E-state index contributed by atoms with van der Waals surface area (Å²) < 4.78 is 4.78. The van der Waals surface area contributed by atoms with E-state index in [0.717, 1.165) is 0 Å². The molecule has 0 aromatic rings. The third-order valence-corrected chi connectivity index (χ3v) is 2.30. The Morgan fingerprint density at radius 3 is 2.29 bits per heavy atom. The summed E-state index contributed by atoms with van der Waals surface area (Å²) in [6.07, 6.45) is 0. The van der Waals surface area contributed by atoms with Crippen LogP contribution in [0.2, 0.25) is 0 Å². The molecule has 0 aromatic carbocycles. The molecule has 5 heteroatoms. The molecule has 0 unspecified atom stereocenters. The van der Waals surface area contributed by atoms with Crippen molar-refractivity contribution in [2.45, 2.75) is 19.9 Å². The van der Waals surface area contributed by atoms with E-state index in [4.69, 9.17) is 10.5 Å². The van der Waals surface area contributed by atoms with E-state index in [1.54, 1.807) is 0 Å². The smallest absolute Gasteiger partial charge is 0.255 e. The fourth-order valence-electron chi connectivity index (χ4n) is 1.15. The van der Waals surface area contributed by atoms with E-state index in [2.05, 4.69) is 0 Å². The van der Waals surface area contributed by atoms with Crippen LogP contribution < -0.4 is 5.73 Å². The summed E-state index contributed by atoms with van der Waals surface area (Å²) in [5.74, 6) is -0.340. The number of ether oxygens (including phenoxy) is 1. The first kappa shape index (κ1) is 11.1. The van der Waals surface area contributed by atoms with Gasteiger partial charge in [-0.05, 0) is 5.92 Å². The van der Waals surface area contributed by atoms with Gasteiger partial charge >= 0.3 is 0 Å². The maximum Gasteiger partial charge on any atom is 0.255 e. The molecule has 80 valence electrons. The van der Waals surface area contributed by atoms with Crippen LogP contribution in [0.25, 0.3) is 0 Å². The van der Waals surface area contributed by atoms with Crippen LogP contribution in [0, 0.1) is 5.92 Å². The van der Waals surface area contributed by atoms with Crippen LogP contribution in [0.15, 0.2) is 0 Å². The Bertz CT molecular complexity index is 224. The van der Waals surface area contributed by atoms with E-state index < -0.39 is 0 Å². The largest absolute Gasteiger partial charge is 0.362 e. The Balaban J connectivity index is 2.56. The average Bonchev–Trinajstić information content (AvgIpc) is 2.11. The number of amides is 2. The summed E-state index contributed by atoms with van der Waals surface area (Å²) in [7, 11) is 0. The number of imide groups is 1. The molecule has 0 aromatic heterocycles. The van der Waals surface area contributed by atoms with Gasteiger partial charge in [0, 0.05) is 12.6 Å². The SMILES string of the molecule is CC(C)[C@@H](N)CN1C(=O)COCC1=O. The van der Waals surface area contributed by atoms with Crippen molar-refractivity contribution in [2.75, 3.05) is 19.8 Å². The van der Waals surface area contributed by atoms with Crippen molar-refractivity contribution in [3.05, 3.63) is 0 Å². The maximum absolute atomic E-state index is 11.3. The number of carbonyl (C=O) groups excluding carboxylic acids is 2. The monoisotopic (exact) mass is 200 g/mol. The fraction of sp³-hybridized carbons (Fsp3) is 0.778. The molecular weight excluding hydrogens is 184 g/mol. The third-order valence-electron chi connectivity index (χ3n) is 2.30. The highest BCUT2D eigenvalue weighted by atomic mass is 16.5. The van der Waals surface area contributed by atoms with Crippen molar-refractivity contribution in [3.8, 4) is 0 Å². The van der Waals surface area contributed by atoms with Gasteiger partial charge in [-0.3, -0.25) is 14.5 Å². The summed E-state index contributed by atoms with van der Waals surface area (Å²) >= 11 is 0. The second-order valence-corrected chi connectivity index (χ2v) is 3.80. The first-order chi connectivity index (χ1) is 6.52. The summed E-state index contributed by atoms with van der Waals surface area (Å²) in [6, 6.07) is -0.166. The first-order valence-electron chi connectivity index (χ1n) is 4.69. The molecule has 14 heavy (non-hydrogen) atoms. The average molecular weight is 200 g/mol. The second kappa shape index (κ2) is 4.52. The number of hydrogen-bond donors (Lipinski definition) is 1. The number of rotatable bonds is 3. The van der Waals surface area contributed by atoms with Crippen LogP contribution >= 0.6 is 0 Å². The summed E-state index contributed by atoms with van der Waals surface area (Å²) in [5.41, 5.74) is 5.78. The molecule has 5 nitrogen and oxygen atoms in total. The summed E-state index contributed by atoms with van der Waals surface area (Å²) in [5, 5.41) is 0. The van der Waals surface area contributed by atoms with Crippen LogP contribution in [0.3, 0.4) is 0 Å². The lowest BCUT2D eigenvalue weighted by Gasteiger charge is -2.28. The number of morpholine rings is 1. The van der Waals surface area contributed by atoms with Gasteiger partial charge in [0.15, 0.2) is 0 Å². The molecule has 1 rings (SSSR count). The quantitative estimate of drug-likeness (QED) is 0.615. The Hall–Kier alpha value is -0.940. The number of nitrogens with two attached hydrogens (primary N) is 1. The van der Waals surface area contributed by atoms with Crippen molar-refractivity contribution in [3.63, 3.8) is 0 Å². The van der Waals surface area contributed by atoms with Crippen LogP contribution in [-0.2, 0) is 14.3 Å². The highest BCUT2D eigenvalue weighted by Gasteiger charge is 2.28. The molecule has 1 atom stereocenters. The zero-order valence-electron chi connectivity index (χ0n) is 8.53. The molecule has 0 saturated carbocycles. The normalized spacial score (nSPS) is 20.4. The molecule has 0 radical (unpaired) electrons. The molecule has 0 aliphatic carbocycles. The van der Waals surface area contributed by atoms with Gasteiger partial charge in [-0.15, -0.1) is 0 Å². The number of nitrogens with zero attached hydrogens (tertiary/aromatic N) is 1. The highest BCUT2D eigenvalue weighted by Crippen LogP contribution is 2.05. The van der Waals surface area contributed by atoms with Crippen molar-refractivity contribution in [1.29, 1.82) is 0 Å². The number of hydrogen-bond acceptors (Lipinski definition) is 4. The fourth-order valence-corrected chi connectivity index (χ4v) is 1.15. The standard InChI is InChI=1S/C9H16N2O3/c1-6(2)7(10)3-11-8(12)4-14-5-9(11)13/h6-7H,3-5,10H2,1-2H3/t7-/m0/s1. The van der Waals surface area contributed by atoms with E-state index in [-0.39, 0.29) is 37.0 Å². The van der Waals surface area contributed by atoms with Gasteiger partial charge in [-0.25, -0.2) is 0 Å². The molecule has 0 spiro atoms. The van der Waals surface area contributed by atoms with Crippen LogP contribution in [0.5, 0.6) is 0 Å². The lowest BCUT2D eigenvalue weighted by Crippen LogP contribution is -2.51. The van der Waals surface area contributed by atoms with Gasteiger partial charge < -0.3 is 10.5 Å². The van der Waals surface area contributed by atoms with E-state index in [1.165, 1.54) is 4.90 Å². The summed E-state index contributed by atoms with van der Waals surface area (Å²) in [6.45, 7) is 4.17. The predicted octanol–water partition coefficient (Wildman–Crippen LogP) is -0.645. The van der Waals surface area contributed by atoms with Gasteiger partial charge in [0.05, 0.1) is 0 Å². The molecular formula is C9H16N2O3. The molecule has 2 amide bonds. The highest BCUT2D eigenvalue weighted by molar-refractivity contribution is 5.98. The lowest BCUT2D eigenvalue weighted by molar-refractivity contribution is -0.158. The zero-order valence-corrected chi connectivity index (χ0v) is 8.53. The van der Waals surface area contributed by atoms with E-state index >= 15 is 0 Å². The van der Waals surface area contributed by atoms with Crippen molar-refractivity contribution in [1.82, 2.24) is 4.90 Å². The van der Waals surface area contributed by atoms with Gasteiger partial charge in [0.1, 0.15) is 13.2 Å². The van der Waals surface area contributed by atoms with Crippen LogP contribution in [-0.4, -0.2) is 42.5 Å². The summed E-state index contributed by atoms with van der Waals surface area (Å²) in [4.78, 5) is 23.8. The van der Waals surface area contributed by atoms with Crippen molar-refractivity contribution >= 4 is 11.8 Å². The Morgan fingerprint density at radius 2 is 1.86 bits per heavy atom. The van der Waals surface area contributed by atoms with Gasteiger partial charge in [-0.2, -0.15) is 0 Å². The first-order valence-corrected chi connectivity index (χ1v) is 4.69. The van der Waals surface area contributed by atoms with E-state index in [9.17, 15) is 9.59 Å². The molecule has 1 aliphatic rings. The van der Waals surface area contributed by atoms with Crippen LogP contribution in [0.4, 0.5) is 0 Å². The topological polar surface area (TPSA) is 72.6 Å². The van der Waals surface area contributed by atoms with Gasteiger partial charge in [0.25, 0.3) is 11.8 Å². The second-order valence-electron chi connectivity index (χ2n) is 3.80. The molecule has 1 saturated heterocycles.